The van der Waals surface area contributed by atoms with E-state index >= 15 is 0 Å². The number of rotatable bonds is 24. The van der Waals surface area contributed by atoms with E-state index in [-0.39, 0.29) is 171 Å². The number of thiophene rings is 6. The summed E-state index contributed by atoms with van der Waals surface area (Å²) in [5, 5.41) is 59.9. The van der Waals surface area contributed by atoms with Crippen LogP contribution in [-0.4, -0.2) is 128 Å². The van der Waals surface area contributed by atoms with Crippen molar-refractivity contribution in [1.82, 2.24) is 38.2 Å². The molecule has 0 atom stereocenters. The number of nitrogens with zero attached hydrogens (tertiary/aromatic N) is 8. The van der Waals surface area contributed by atoms with Gasteiger partial charge < -0.3 is 54.8 Å². The minimum atomic E-state index is -4.94. The molecule has 6 aromatic carbocycles. The molecule has 0 aliphatic carbocycles. The van der Waals surface area contributed by atoms with Gasteiger partial charge in [-0.15, -0.1) is 68.3 Å². The van der Waals surface area contributed by atoms with Gasteiger partial charge in [-0.3, -0.25) is 33.9 Å². The van der Waals surface area contributed by atoms with E-state index in [1.165, 1.54) is 128 Å². The predicted octanol–water partition coefficient (Wildman–Crippen LogP) is 31.8. The second kappa shape index (κ2) is 60.0. The van der Waals surface area contributed by atoms with Gasteiger partial charge >= 0.3 is 74.1 Å². The number of para-hydroxylation sites is 4. The number of carbonyl (C=O) groups excluding carboxylic acids is 5. The maximum absolute atomic E-state index is 12.1. The molecule has 20 nitrogen and oxygen atoms in total. The fourth-order valence-corrected chi connectivity index (χ4v) is 19.2. The quantitative estimate of drug-likeness (QED) is 0.00714. The summed E-state index contributed by atoms with van der Waals surface area (Å²) < 4.78 is 156. The molecule has 0 spiro atoms. The van der Waals surface area contributed by atoms with Crippen LogP contribution in [0.1, 0.15) is 78.4 Å². The number of hydrogen-bond acceptors (Lipinski definition) is 20. The number of aliphatic hydroxyl groups is 5. The topological polar surface area (TPSA) is 321 Å². The number of hydrogen-bond donors (Lipinski definition) is 5. The van der Waals surface area contributed by atoms with Gasteiger partial charge in [0.1, 0.15) is 28.7 Å². The summed E-state index contributed by atoms with van der Waals surface area (Å²) in [6.45, 7) is 15.0. The van der Waals surface area contributed by atoms with Crippen molar-refractivity contribution in [1.29, 1.82) is 0 Å². The molecule has 0 aliphatic heterocycles. The van der Waals surface area contributed by atoms with Crippen LogP contribution in [-0.2, 0) is 40.6 Å². The largest absolute Gasteiger partial charge is 2.00 e. The molecule has 12 aromatic heterocycles. The smallest absolute Gasteiger partial charge is 0.512 e. The van der Waals surface area contributed by atoms with E-state index in [2.05, 4.69) is 208 Å². The van der Waals surface area contributed by atoms with E-state index in [1.54, 1.807) is 64.0 Å². The number of ketones is 5. The molecular formula is C106H86Br4Eu2F12N8O12S6. The number of fused-ring (bicyclic) bond motifs is 8. The van der Waals surface area contributed by atoms with Crippen LogP contribution >= 0.6 is 132 Å². The summed E-state index contributed by atoms with van der Waals surface area (Å²) in [7, 11) is 0. The van der Waals surface area contributed by atoms with Crippen molar-refractivity contribution in [3.8, 4) is 23.0 Å². The second-order valence-corrected chi connectivity index (χ2v) is 40.2. The Morgan fingerprint density at radius 2 is 0.660 bits per heavy atom. The van der Waals surface area contributed by atoms with Gasteiger partial charge in [0.05, 0.1) is 52.2 Å². The molecule has 44 heteroatoms. The number of halogens is 16. The number of aliphatic hydroxyl groups excluding tert-OH is 5. The summed E-state index contributed by atoms with van der Waals surface area (Å²) in [5.74, 6) is -6.50. The Morgan fingerprint density at radius 1 is 0.360 bits per heavy atom. The molecule has 0 unspecified atom stereocenters. The zero-order valence-electron chi connectivity index (χ0n) is 78.1. The maximum Gasteiger partial charge on any atom is 2.00 e. The van der Waals surface area contributed by atoms with Gasteiger partial charge in [0.2, 0.25) is 5.76 Å². The standard InChI is InChI=1S/2C28H22Br2N4.C10H7F3S.3C8H5F3O2S.2C8H8O2S.2Eu.2H2O/c2*29-19-10-12-25-21(17-19)22-18-20(30)11-13-26(22)33(25)15-5-6-16-34-27-9-2-1-7-23(27)32-28(34)24-8-3-4-14-31-24;1-7(9-4-3-5-14-9)6-8(2)10(11,12)13;3*9-8(10,11)7(13)4-5(12)6-2-1-3-14-6;2*1-6(9)5-7(10)8-3-2-4-11-8;;;;/h2*1-4,7-14,17-18H,5-6,15-16H2;1,3-6H,2H2;1-4,13H;2*1-4,12H;2-5,10H,1H3;2-5,9H,1H3;;;2*1H2/q;;-2;;;;;;;+2;;. The average molecular weight is 2710 g/mol. The average Bonchev–Trinajstić information content (AvgIpc) is 1.61. The number of allylic oxidation sites excluding steroid dienone is 10. The van der Waals surface area contributed by atoms with Gasteiger partial charge in [-0.1, -0.05) is 141 Å². The summed E-state index contributed by atoms with van der Waals surface area (Å²) in [5.41, 5.74) is 10.4. The molecule has 12 heterocycles. The predicted molar refractivity (Wildman–Crippen MR) is 581 cm³/mol. The van der Waals surface area contributed by atoms with Gasteiger partial charge in [0.15, 0.2) is 29.0 Å². The summed E-state index contributed by atoms with van der Waals surface area (Å²) in [4.78, 5) is 75.0. The number of alkyl halides is 12. The molecule has 0 bridgehead atoms. The van der Waals surface area contributed by atoms with Gasteiger partial charge in [-0.2, -0.15) is 52.7 Å². The number of unbranched alkanes of at least 4 members (excludes halogenated alkanes) is 2. The zero-order valence-corrected chi connectivity index (χ0v) is 94.2. The third kappa shape index (κ3) is 37.1. The first-order chi connectivity index (χ1) is 69.4. The molecule has 0 saturated carbocycles. The first-order valence-electron chi connectivity index (χ1n) is 43.2. The monoisotopic (exact) mass is 2700 g/mol. The van der Waals surface area contributed by atoms with E-state index in [9.17, 15) is 81.8 Å². The van der Waals surface area contributed by atoms with E-state index in [4.69, 9.17) is 37.0 Å². The molecule has 0 aliphatic rings. The third-order valence-electron chi connectivity index (χ3n) is 20.4. The van der Waals surface area contributed by atoms with Crippen molar-refractivity contribution in [2.75, 3.05) is 0 Å². The van der Waals surface area contributed by atoms with Crippen molar-refractivity contribution >= 4 is 249 Å². The Kier molecular flexibility index (Phi) is 50.7. The van der Waals surface area contributed by atoms with Crippen LogP contribution in [0.3, 0.4) is 0 Å². The van der Waals surface area contributed by atoms with Crippen molar-refractivity contribution in [2.45, 2.75) is 90.4 Å². The third-order valence-corrected chi connectivity index (χ3v) is 27.7. The van der Waals surface area contributed by atoms with Crippen LogP contribution in [0.15, 0.2) is 347 Å². The molecular weight excluding hydrogens is 2620 g/mol. The van der Waals surface area contributed by atoms with Gasteiger partial charge in [0.25, 0.3) is 11.6 Å². The number of aryl methyl sites for hydroxylation is 4. The molecule has 2 radical (unpaired) electrons. The first kappa shape index (κ1) is 127. The Labute approximate surface area is 989 Å². The molecule has 0 fully saturated rings. The minimum Gasteiger partial charge on any atom is -0.512 e. The molecule has 784 valence electrons. The Morgan fingerprint density at radius 3 is 0.947 bits per heavy atom. The van der Waals surface area contributed by atoms with Crippen LogP contribution in [0.2, 0.25) is 0 Å². The second-order valence-electron chi connectivity index (χ2n) is 30.9. The number of pyridine rings is 2. The zero-order chi connectivity index (χ0) is 106. The van der Waals surface area contributed by atoms with Gasteiger partial charge in [-0.25, -0.2) is 46.5 Å². The first-order valence-corrected chi connectivity index (χ1v) is 51.7. The summed E-state index contributed by atoms with van der Waals surface area (Å²) in [6, 6.07) is 74.3. The van der Waals surface area contributed by atoms with Crippen LogP contribution in [0, 0.1) is 112 Å². The normalized spacial score (nSPS) is 11.8. The fraction of sp³-hybridized carbons (Fsp3) is 0.132. The molecule has 18 aromatic rings. The molecule has 0 amide bonds. The number of benzene rings is 6. The Bertz CT molecular complexity index is 7210. The Hall–Kier alpha value is -10.1. The van der Waals surface area contributed by atoms with Crippen LogP contribution in [0.5, 0.6) is 0 Å². The number of imidazole rings is 2. The number of aromatic nitrogens is 8. The van der Waals surface area contributed by atoms with E-state index in [0.717, 1.165) is 160 Å². The van der Waals surface area contributed by atoms with E-state index in [1.807, 2.05) is 77.8 Å². The Balaban J connectivity index is 0.000000242. The van der Waals surface area contributed by atoms with Gasteiger partial charge in [-0.05, 0) is 223 Å². The van der Waals surface area contributed by atoms with Crippen LogP contribution in [0.25, 0.3) is 112 Å². The van der Waals surface area contributed by atoms with Crippen LogP contribution < -0.4 is 0 Å². The van der Waals surface area contributed by atoms with Crippen LogP contribution in [0.4, 0.5) is 52.7 Å². The maximum atomic E-state index is 12.1. The molecule has 18 rings (SSSR count). The SMILES string of the molecule is Brc1ccc2c(c1)c1cc(Br)ccc1n2CCCCn1c(-c2ccccn2)nc2ccccc21.Brc1ccc2c(c1)c1cc(Br)ccc1n2CCCCn1c(-c2ccccn2)nc2ccccc21.CC(=O)C=C(O)c1cccs1.CC(O)=CC(=O)c1cccs1.O.O.O=C(C=C(O)C(F)(F)F)c1cccs1.O=C(C=C(O)c1cccs1)C(F)(F)F.O=C(C=C(O)c1cccs1)C(F)(F)F.[CH-]=C(C=C([CH2-])C(F)(F)F)c1cccs1.[Eu+2].[Eu]. The van der Waals surface area contributed by atoms with Crippen molar-refractivity contribution in [3.05, 3.63) is 389 Å². The van der Waals surface area contributed by atoms with Gasteiger partial charge in [0, 0.05) is 180 Å². The fourth-order valence-electron chi connectivity index (χ4n) is 13.9. The van der Waals surface area contributed by atoms with E-state index in [0.29, 0.717) is 9.75 Å². The minimum absolute atomic E-state index is 0. The molecule has 9 N–H and O–H groups in total. The summed E-state index contributed by atoms with van der Waals surface area (Å²) in [6.07, 6.45) is -7.48. The van der Waals surface area contributed by atoms with Crippen molar-refractivity contribution < 1.29 is 212 Å². The molecule has 150 heavy (non-hydrogen) atoms. The van der Waals surface area contributed by atoms with E-state index < -0.39 is 64.9 Å². The summed E-state index contributed by atoms with van der Waals surface area (Å²) >= 11 is 21.7. The number of carbonyl (C=O) groups is 5. The van der Waals surface area contributed by atoms with Crippen molar-refractivity contribution in [3.63, 3.8) is 0 Å². The molecule has 0 saturated heterocycles. The van der Waals surface area contributed by atoms with Crippen molar-refractivity contribution in [2.24, 2.45) is 0 Å².